The van der Waals surface area contributed by atoms with Crippen molar-refractivity contribution in [3.63, 3.8) is 0 Å². The number of hydrogen-bond donors (Lipinski definition) is 4. The van der Waals surface area contributed by atoms with Gasteiger partial charge in [0.25, 0.3) is 0 Å². The van der Waals surface area contributed by atoms with E-state index in [4.69, 9.17) is 11.6 Å². The lowest BCUT2D eigenvalue weighted by atomic mass is 9.77. The Balaban J connectivity index is 2.16. The largest absolute Gasteiger partial charge is 0.326 e. The Hall–Kier alpha value is -1.73. The van der Waals surface area contributed by atoms with Crippen molar-refractivity contribution in [1.82, 2.24) is 5.43 Å². The van der Waals surface area contributed by atoms with Gasteiger partial charge in [-0.1, -0.05) is 61.5 Å². The SMILES string of the molecule is C[C@]([CH]N)(CC(CCc1ccccc1)[SH](=O)=O)c1cccc(CNN)c1. The summed E-state index contributed by atoms with van der Waals surface area (Å²) in [6, 6.07) is 17.9. The van der Waals surface area contributed by atoms with Crippen LogP contribution in [-0.4, -0.2) is 13.7 Å². The van der Waals surface area contributed by atoms with Gasteiger partial charge in [-0.05, 0) is 36.0 Å². The van der Waals surface area contributed by atoms with E-state index in [-0.39, 0.29) is 0 Å². The minimum Gasteiger partial charge on any atom is -0.326 e. The van der Waals surface area contributed by atoms with Gasteiger partial charge in [-0.15, -0.1) is 0 Å². The highest BCUT2D eigenvalue weighted by Gasteiger charge is 2.30. The molecule has 0 aromatic heterocycles. The van der Waals surface area contributed by atoms with E-state index in [0.717, 1.165) is 23.1 Å². The van der Waals surface area contributed by atoms with E-state index in [9.17, 15) is 8.42 Å². The van der Waals surface area contributed by atoms with Crippen LogP contribution in [0.3, 0.4) is 0 Å². The van der Waals surface area contributed by atoms with Gasteiger partial charge in [-0.2, -0.15) is 0 Å². The molecule has 0 spiro atoms. The second-order valence-electron chi connectivity index (χ2n) is 6.83. The van der Waals surface area contributed by atoms with Crippen LogP contribution < -0.4 is 17.0 Å². The van der Waals surface area contributed by atoms with Crippen LogP contribution in [0.25, 0.3) is 0 Å². The summed E-state index contributed by atoms with van der Waals surface area (Å²) in [6.45, 7) is 4.13. The van der Waals surface area contributed by atoms with E-state index in [1.807, 2.05) is 61.5 Å². The highest BCUT2D eigenvalue weighted by Crippen LogP contribution is 2.32. The third-order valence-corrected chi connectivity index (χ3v) is 5.86. The molecule has 5 nitrogen and oxygen atoms in total. The normalized spacial score (nSPS) is 14.9. The van der Waals surface area contributed by atoms with E-state index >= 15 is 0 Å². The quantitative estimate of drug-likeness (QED) is 0.290. The molecule has 0 heterocycles. The summed E-state index contributed by atoms with van der Waals surface area (Å²) in [6.07, 6.45) is 1.76. The summed E-state index contributed by atoms with van der Waals surface area (Å²) in [5.74, 6) is 5.40. The van der Waals surface area contributed by atoms with Crippen LogP contribution in [0.15, 0.2) is 54.6 Å². The molecule has 0 saturated carbocycles. The van der Waals surface area contributed by atoms with Crippen LogP contribution in [0.5, 0.6) is 0 Å². The van der Waals surface area contributed by atoms with Gasteiger partial charge in [0.1, 0.15) is 10.7 Å². The second-order valence-corrected chi connectivity index (χ2v) is 8.13. The Labute approximate surface area is 157 Å². The molecule has 0 aliphatic carbocycles. The summed E-state index contributed by atoms with van der Waals surface area (Å²) in [5.41, 5.74) is 11.2. The Morgan fingerprint density at radius 1 is 1.12 bits per heavy atom. The molecule has 1 radical (unpaired) electrons. The van der Waals surface area contributed by atoms with Gasteiger partial charge in [0.05, 0.1) is 5.25 Å². The number of thiol groups is 1. The third-order valence-electron chi connectivity index (χ3n) is 4.83. The fourth-order valence-electron chi connectivity index (χ4n) is 3.19. The summed E-state index contributed by atoms with van der Waals surface area (Å²) in [5, 5.41) is -0.439. The predicted molar refractivity (Wildman–Crippen MR) is 107 cm³/mol. The summed E-state index contributed by atoms with van der Waals surface area (Å²) < 4.78 is 23.7. The molecule has 0 aliphatic rings. The van der Waals surface area contributed by atoms with E-state index in [2.05, 4.69) is 5.43 Å². The van der Waals surface area contributed by atoms with Crippen molar-refractivity contribution >= 4 is 10.7 Å². The van der Waals surface area contributed by atoms with Crippen molar-refractivity contribution in [2.45, 2.75) is 43.4 Å². The van der Waals surface area contributed by atoms with E-state index in [1.54, 1.807) is 6.54 Å². The number of aryl methyl sites for hydroxylation is 1. The van der Waals surface area contributed by atoms with Gasteiger partial charge in [0.15, 0.2) is 0 Å². The van der Waals surface area contributed by atoms with Crippen LogP contribution in [0.2, 0.25) is 0 Å². The zero-order valence-corrected chi connectivity index (χ0v) is 16.0. The third kappa shape index (κ3) is 5.64. The minimum atomic E-state index is -2.54. The lowest BCUT2D eigenvalue weighted by Gasteiger charge is -2.31. The standard InChI is InChI=1S/C20H28N3O2S/c1-20(15-21,18-9-5-8-17(12-18)14-23-22)13-19(26(24)25)11-10-16-6-3-2-4-7-16/h2-9,12,15,19,23,26H,10-11,13-14,21-22H2,1H3/t19?,20-/m1/s1. The van der Waals surface area contributed by atoms with Crippen molar-refractivity contribution in [2.24, 2.45) is 11.6 Å². The number of nitrogens with one attached hydrogen (secondary N) is 1. The van der Waals surface area contributed by atoms with Gasteiger partial charge >= 0.3 is 0 Å². The van der Waals surface area contributed by atoms with E-state index < -0.39 is 21.4 Å². The predicted octanol–water partition coefficient (Wildman–Crippen LogP) is 2.03. The molecule has 5 N–H and O–H groups in total. The Morgan fingerprint density at radius 3 is 2.42 bits per heavy atom. The number of nitrogens with two attached hydrogens (primary N) is 2. The Bertz CT molecular complexity index is 757. The van der Waals surface area contributed by atoms with Crippen molar-refractivity contribution in [2.75, 3.05) is 0 Å². The first-order valence-corrected chi connectivity index (χ1v) is 9.99. The molecule has 2 atom stereocenters. The molecule has 1 unspecified atom stereocenters. The first-order valence-electron chi connectivity index (χ1n) is 8.75. The fourth-order valence-corrected chi connectivity index (χ4v) is 4.05. The molecule has 0 fully saturated rings. The molecule has 2 aromatic carbocycles. The molecule has 2 rings (SSSR count). The van der Waals surface area contributed by atoms with Gasteiger partial charge in [0.2, 0.25) is 0 Å². The number of benzene rings is 2. The van der Waals surface area contributed by atoms with Gasteiger partial charge in [-0.3, -0.25) is 11.3 Å². The number of hydrazine groups is 1. The first kappa shape index (κ1) is 20.6. The maximum absolute atomic E-state index is 11.9. The smallest absolute Gasteiger partial charge is 0.143 e. The second kappa shape index (κ2) is 9.83. The summed E-state index contributed by atoms with van der Waals surface area (Å²) >= 11 is 0. The first-order chi connectivity index (χ1) is 12.5. The molecule has 141 valence electrons. The van der Waals surface area contributed by atoms with Crippen LogP contribution >= 0.6 is 0 Å². The zero-order valence-electron chi connectivity index (χ0n) is 15.1. The number of hydrogen-bond acceptors (Lipinski definition) is 5. The summed E-state index contributed by atoms with van der Waals surface area (Å²) in [7, 11) is -2.54. The van der Waals surface area contributed by atoms with Crippen molar-refractivity contribution in [3.05, 3.63) is 77.8 Å². The van der Waals surface area contributed by atoms with Crippen LogP contribution in [-0.2, 0) is 29.1 Å². The Kier molecular flexibility index (Phi) is 7.78. The van der Waals surface area contributed by atoms with Crippen molar-refractivity contribution in [1.29, 1.82) is 0 Å². The average Bonchev–Trinajstić information content (AvgIpc) is 2.66. The molecule has 0 aliphatic heterocycles. The zero-order chi connectivity index (χ0) is 19.0. The van der Waals surface area contributed by atoms with Crippen molar-refractivity contribution < 1.29 is 8.42 Å². The maximum Gasteiger partial charge on any atom is 0.143 e. The molecular weight excluding hydrogens is 346 g/mol. The monoisotopic (exact) mass is 374 g/mol. The van der Waals surface area contributed by atoms with E-state index in [0.29, 0.717) is 19.4 Å². The summed E-state index contributed by atoms with van der Waals surface area (Å²) in [4.78, 5) is 0. The molecule has 6 heteroatoms. The molecule has 26 heavy (non-hydrogen) atoms. The fraction of sp³-hybridized carbons (Fsp3) is 0.350. The molecule has 0 saturated heterocycles. The van der Waals surface area contributed by atoms with Gasteiger partial charge < -0.3 is 5.73 Å². The van der Waals surface area contributed by atoms with Crippen LogP contribution in [0, 0.1) is 6.54 Å². The molecule has 2 aromatic rings. The average molecular weight is 375 g/mol. The molecule has 0 amide bonds. The minimum absolute atomic E-state index is 0.439. The Morgan fingerprint density at radius 2 is 1.81 bits per heavy atom. The topological polar surface area (TPSA) is 98.2 Å². The van der Waals surface area contributed by atoms with Gasteiger partial charge in [0, 0.05) is 18.5 Å². The lowest BCUT2D eigenvalue weighted by Crippen LogP contribution is -2.33. The lowest BCUT2D eigenvalue weighted by molar-refractivity contribution is 0.461. The van der Waals surface area contributed by atoms with Crippen molar-refractivity contribution in [3.8, 4) is 0 Å². The number of rotatable bonds is 10. The van der Waals surface area contributed by atoms with Crippen LogP contribution in [0.1, 0.15) is 36.5 Å². The maximum atomic E-state index is 11.9. The van der Waals surface area contributed by atoms with Gasteiger partial charge in [-0.25, -0.2) is 8.42 Å². The molecule has 0 bridgehead atoms. The van der Waals surface area contributed by atoms with Crippen LogP contribution in [0.4, 0.5) is 0 Å². The highest BCUT2D eigenvalue weighted by atomic mass is 32.2. The van der Waals surface area contributed by atoms with E-state index in [1.165, 1.54) is 0 Å². The highest BCUT2D eigenvalue weighted by molar-refractivity contribution is 7.73. The molecular formula is C20H28N3O2S.